The Bertz CT molecular complexity index is 881. The molecule has 0 radical (unpaired) electrons. The van der Waals surface area contributed by atoms with Crippen LogP contribution < -0.4 is 10.1 Å². The van der Waals surface area contributed by atoms with Crippen LogP contribution in [0.4, 0.5) is 0 Å². The molecule has 5 nitrogen and oxygen atoms in total. The number of carbonyl (C=O) groups is 2. The molecule has 0 heterocycles. The number of hydrogen-bond acceptors (Lipinski definition) is 3. The summed E-state index contributed by atoms with van der Waals surface area (Å²) in [5.74, 6) is 0.264. The van der Waals surface area contributed by atoms with Gasteiger partial charge in [-0.1, -0.05) is 36.7 Å². The quantitative estimate of drug-likeness (QED) is 0.633. The highest BCUT2D eigenvalue weighted by molar-refractivity contribution is 6.30. The Morgan fingerprint density at radius 3 is 2.43 bits per heavy atom. The van der Waals surface area contributed by atoms with E-state index in [1.54, 1.807) is 24.0 Å². The van der Waals surface area contributed by atoms with Gasteiger partial charge in [0.2, 0.25) is 5.91 Å². The normalized spacial score (nSPS) is 11.7. The average Bonchev–Trinajstić information content (AvgIpc) is 2.72. The summed E-state index contributed by atoms with van der Waals surface area (Å²) in [6.45, 7) is 10.4. The van der Waals surface area contributed by atoms with Crippen LogP contribution in [0.2, 0.25) is 5.02 Å². The van der Waals surface area contributed by atoms with Crippen LogP contribution in [-0.2, 0) is 16.1 Å². The zero-order valence-electron chi connectivity index (χ0n) is 18.4. The van der Waals surface area contributed by atoms with Gasteiger partial charge in [-0.25, -0.2) is 0 Å². The van der Waals surface area contributed by atoms with E-state index >= 15 is 0 Å². The lowest BCUT2D eigenvalue weighted by atomic mass is 10.1. The second kappa shape index (κ2) is 11.0. The van der Waals surface area contributed by atoms with Crippen LogP contribution in [0.5, 0.6) is 5.75 Å². The Labute approximate surface area is 184 Å². The van der Waals surface area contributed by atoms with E-state index in [2.05, 4.69) is 11.4 Å². The van der Waals surface area contributed by atoms with Gasteiger partial charge in [0, 0.05) is 18.1 Å². The molecular weight excluding hydrogens is 400 g/mol. The smallest absolute Gasteiger partial charge is 0.261 e. The summed E-state index contributed by atoms with van der Waals surface area (Å²) in [5.41, 5.74) is 4.09. The van der Waals surface area contributed by atoms with Crippen molar-refractivity contribution in [1.29, 1.82) is 0 Å². The molecule has 2 aromatic carbocycles. The number of carbonyl (C=O) groups excluding carboxylic acids is 2. The molecule has 6 heteroatoms. The number of rotatable bonds is 9. The fourth-order valence-electron chi connectivity index (χ4n) is 3.14. The maximum atomic E-state index is 13.1. The van der Waals surface area contributed by atoms with Gasteiger partial charge in [-0.15, -0.1) is 0 Å². The van der Waals surface area contributed by atoms with E-state index in [1.165, 1.54) is 0 Å². The van der Waals surface area contributed by atoms with Crippen molar-refractivity contribution in [1.82, 2.24) is 10.2 Å². The summed E-state index contributed by atoms with van der Waals surface area (Å²) in [7, 11) is 0. The van der Waals surface area contributed by atoms with Gasteiger partial charge in [0.25, 0.3) is 5.91 Å². The molecule has 0 aliphatic rings. The summed E-state index contributed by atoms with van der Waals surface area (Å²) < 4.78 is 5.87. The summed E-state index contributed by atoms with van der Waals surface area (Å²) >= 11 is 5.97. The average molecular weight is 431 g/mol. The van der Waals surface area contributed by atoms with Gasteiger partial charge in [0.15, 0.2) is 6.61 Å². The van der Waals surface area contributed by atoms with E-state index in [-0.39, 0.29) is 18.4 Å². The molecule has 0 aromatic heterocycles. The van der Waals surface area contributed by atoms with E-state index < -0.39 is 6.04 Å². The van der Waals surface area contributed by atoms with Crippen molar-refractivity contribution in [3.63, 3.8) is 0 Å². The van der Waals surface area contributed by atoms with Gasteiger partial charge in [-0.3, -0.25) is 9.59 Å². The minimum absolute atomic E-state index is 0.136. The fourth-order valence-corrected chi connectivity index (χ4v) is 3.26. The first kappa shape index (κ1) is 23.7. The minimum Gasteiger partial charge on any atom is -0.483 e. The standard InChI is InChI=1S/C24H31ClN2O3/c1-6-11-26-24(29)19(5)27(14-20-7-9-21(25)10-8-20)23(28)15-30-22-13-16(2)12-17(3)18(22)4/h7-10,12-13,19H,6,11,14-15H2,1-5H3,(H,26,29). The van der Waals surface area contributed by atoms with Crippen LogP contribution >= 0.6 is 11.6 Å². The lowest BCUT2D eigenvalue weighted by molar-refractivity contribution is -0.142. The molecule has 2 rings (SSSR count). The van der Waals surface area contributed by atoms with E-state index in [4.69, 9.17) is 16.3 Å². The maximum absolute atomic E-state index is 13.1. The summed E-state index contributed by atoms with van der Waals surface area (Å²) in [5, 5.41) is 3.49. The molecule has 1 N–H and O–H groups in total. The molecule has 0 bridgehead atoms. The Morgan fingerprint density at radius 1 is 1.13 bits per heavy atom. The first-order valence-corrected chi connectivity index (χ1v) is 10.6. The Balaban J connectivity index is 2.18. The molecule has 2 aromatic rings. The van der Waals surface area contributed by atoms with Gasteiger partial charge < -0.3 is 15.0 Å². The fraction of sp³-hybridized carbons (Fsp3) is 0.417. The summed E-state index contributed by atoms with van der Waals surface area (Å²) in [4.78, 5) is 27.2. The molecular formula is C24H31ClN2O3. The first-order chi connectivity index (χ1) is 14.2. The Morgan fingerprint density at radius 2 is 1.80 bits per heavy atom. The summed E-state index contributed by atoms with van der Waals surface area (Å²) in [6, 6.07) is 10.6. The Hall–Kier alpha value is -2.53. The lowest BCUT2D eigenvalue weighted by Gasteiger charge is -2.29. The van der Waals surface area contributed by atoms with Crippen LogP contribution in [0.3, 0.4) is 0 Å². The molecule has 0 saturated carbocycles. The van der Waals surface area contributed by atoms with Crippen molar-refractivity contribution >= 4 is 23.4 Å². The van der Waals surface area contributed by atoms with E-state index in [0.717, 1.165) is 28.7 Å². The van der Waals surface area contributed by atoms with Crippen molar-refractivity contribution in [2.75, 3.05) is 13.2 Å². The maximum Gasteiger partial charge on any atom is 0.261 e. The Kier molecular flexibility index (Phi) is 8.72. The molecule has 0 aliphatic carbocycles. The SMILES string of the molecule is CCCNC(=O)C(C)N(Cc1ccc(Cl)cc1)C(=O)COc1cc(C)cc(C)c1C. The van der Waals surface area contributed by atoms with Crippen LogP contribution in [0, 0.1) is 20.8 Å². The third-order valence-electron chi connectivity index (χ3n) is 5.10. The molecule has 0 spiro atoms. The van der Waals surface area contributed by atoms with Crippen LogP contribution in [-0.4, -0.2) is 35.9 Å². The van der Waals surface area contributed by atoms with Crippen LogP contribution in [0.1, 0.15) is 42.5 Å². The van der Waals surface area contributed by atoms with Crippen molar-refractivity contribution in [2.24, 2.45) is 0 Å². The predicted octanol–water partition coefficient (Wildman–Crippen LogP) is 4.59. The van der Waals surface area contributed by atoms with Gasteiger partial charge in [0.1, 0.15) is 11.8 Å². The number of hydrogen-bond donors (Lipinski definition) is 1. The van der Waals surface area contributed by atoms with Gasteiger partial charge >= 0.3 is 0 Å². The van der Waals surface area contributed by atoms with Gasteiger partial charge in [0.05, 0.1) is 0 Å². The topological polar surface area (TPSA) is 58.6 Å². The molecule has 0 saturated heterocycles. The number of ether oxygens (including phenoxy) is 1. The zero-order valence-corrected chi connectivity index (χ0v) is 19.2. The zero-order chi connectivity index (χ0) is 22.3. The number of amides is 2. The van der Waals surface area contributed by atoms with Gasteiger partial charge in [-0.05, 0) is 74.6 Å². The largest absolute Gasteiger partial charge is 0.483 e. The molecule has 162 valence electrons. The van der Waals surface area contributed by atoms with Crippen LogP contribution in [0.25, 0.3) is 0 Å². The molecule has 1 unspecified atom stereocenters. The monoisotopic (exact) mass is 430 g/mol. The van der Waals surface area contributed by atoms with Crippen molar-refractivity contribution in [3.8, 4) is 5.75 Å². The number of halogens is 1. The molecule has 0 fully saturated rings. The molecule has 0 aliphatic heterocycles. The molecule has 2 amide bonds. The van der Waals surface area contributed by atoms with Crippen molar-refractivity contribution in [2.45, 2.75) is 53.6 Å². The van der Waals surface area contributed by atoms with E-state index in [0.29, 0.717) is 23.9 Å². The lowest BCUT2D eigenvalue weighted by Crippen LogP contribution is -2.49. The highest BCUT2D eigenvalue weighted by atomic mass is 35.5. The van der Waals surface area contributed by atoms with Crippen molar-refractivity contribution in [3.05, 3.63) is 63.7 Å². The number of aryl methyl sites for hydroxylation is 2. The second-order valence-corrected chi connectivity index (χ2v) is 8.05. The highest BCUT2D eigenvalue weighted by Gasteiger charge is 2.26. The number of nitrogens with zero attached hydrogens (tertiary/aromatic N) is 1. The molecule has 1 atom stereocenters. The second-order valence-electron chi connectivity index (χ2n) is 7.61. The predicted molar refractivity (Wildman–Crippen MR) is 121 cm³/mol. The third-order valence-corrected chi connectivity index (χ3v) is 5.35. The number of benzene rings is 2. The summed E-state index contributed by atoms with van der Waals surface area (Å²) in [6.07, 6.45) is 0.832. The van der Waals surface area contributed by atoms with E-state index in [1.807, 2.05) is 45.9 Å². The van der Waals surface area contributed by atoms with Crippen LogP contribution in [0.15, 0.2) is 36.4 Å². The first-order valence-electron chi connectivity index (χ1n) is 10.2. The van der Waals surface area contributed by atoms with Crippen molar-refractivity contribution < 1.29 is 14.3 Å². The molecule has 30 heavy (non-hydrogen) atoms. The third kappa shape index (κ3) is 6.49. The van der Waals surface area contributed by atoms with Gasteiger partial charge in [-0.2, -0.15) is 0 Å². The number of nitrogens with one attached hydrogen (secondary N) is 1. The van der Waals surface area contributed by atoms with E-state index in [9.17, 15) is 9.59 Å². The minimum atomic E-state index is -0.622. The highest BCUT2D eigenvalue weighted by Crippen LogP contribution is 2.23.